The molecular formula is C28H34ClN7O2. The Kier molecular flexibility index (Phi) is 7.15. The van der Waals surface area contributed by atoms with E-state index < -0.39 is 6.04 Å². The number of rotatable bonds is 6. The van der Waals surface area contributed by atoms with Crippen LogP contribution in [0.1, 0.15) is 50.7 Å². The zero-order valence-electron chi connectivity index (χ0n) is 22.5. The van der Waals surface area contributed by atoms with Crippen LogP contribution >= 0.6 is 11.6 Å². The Hall–Kier alpha value is -3.43. The maximum atomic E-state index is 13.5. The van der Waals surface area contributed by atoms with E-state index in [0.717, 1.165) is 53.5 Å². The first kappa shape index (κ1) is 26.2. The molecule has 0 unspecified atom stereocenters. The van der Waals surface area contributed by atoms with Crippen LogP contribution in [0.4, 0.5) is 5.69 Å². The number of H-pyrrole nitrogens is 1. The van der Waals surface area contributed by atoms with Crippen LogP contribution in [0.5, 0.6) is 5.75 Å². The molecule has 1 saturated heterocycles. The molecule has 0 saturated carbocycles. The zero-order chi connectivity index (χ0) is 27.0. The van der Waals surface area contributed by atoms with Crippen molar-refractivity contribution in [3.05, 3.63) is 74.8 Å². The van der Waals surface area contributed by atoms with Crippen molar-refractivity contribution >= 4 is 28.2 Å². The second kappa shape index (κ2) is 10.4. The number of nitrogens with zero attached hydrogens (tertiary/aromatic N) is 6. The van der Waals surface area contributed by atoms with Crippen LogP contribution in [-0.2, 0) is 5.54 Å². The summed E-state index contributed by atoms with van der Waals surface area (Å²) in [5.74, 6) is 1.41. The number of anilines is 1. The molecular weight excluding hydrogens is 502 g/mol. The first-order valence-corrected chi connectivity index (χ1v) is 13.4. The summed E-state index contributed by atoms with van der Waals surface area (Å²) >= 11 is 6.31. The van der Waals surface area contributed by atoms with Gasteiger partial charge in [-0.15, -0.1) is 5.10 Å². The van der Waals surface area contributed by atoms with Crippen LogP contribution < -0.4 is 15.2 Å². The average Bonchev–Trinajstić information content (AvgIpc) is 3.37. The highest BCUT2D eigenvalue weighted by Gasteiger charge is 2.35. The van der Waals surface area contributed by atoms with E-state index in [0.29, 0.717) is 18.0 Å². The van der Waals surface area contributed by atoms with Crippen LogP contribution in [-0.4, -0.2) is 62.9 Å². The van der Waals surface area contributed by atoms with Crippen LogP contribution in [0.15, 0.2) is 47.3 Å². The van der Waals surface area contributed by atoms with E-state index in [-0.39, 0.29) is 11.1 Å². The summed E-state index contributed by atoms with van der Waals surface area (Å²) in [5, 5.41) is 14.4. The van der Waals surface area contributed by atoms with Crippen molar-refractivity contribution in [3.8, 4) is 5.75 Å². The fraction of sp³-hybridized carbons (Fsp3) is 0.429. The largest absolute Gasteiger partial charge is 0.494 e. The number of aryl methyl sites for hydroxylation is 1. The minimum atomic E-state index is -0.421. The van der Waals surface area contributed by atoms with Gasteiger partial charge < -0.3 is 14.6 Å². The van der Waals surface area contributed by atoms with Crippen molar-refractivity contribution in [1.82, 2.24) is 30.1 Å². The van der Waals surface area contributed by atoms with Crippen molar-refractivity contribution in [2.24, 2.45) is 0 Å². The van der Waals surface area contributed by atoms with E-state index in [1.807, 2.05) is 48.0 Å². The summed E-state index contributed by atoms with van der Waals surface area (Å²) in [6.07, 6.45) is 0. The average molecular weight is 536 g/mol. The van der Waals surface area contributed by atoms with Crippen molar-refractivity contribution in [1.29, 1.82) is 0 Å². The second-order valence-electron chi connectivity index (χ2n) is 10.7. The third-order valence-corrected chi connectivity index (χ3v) is 7.25. The molecule has 10 heteroatoms. The Morgan fingerprint density at radius 3 is 2.55 bits per heavy atom. The van der Waals surface area contributed by atoms with Crippen LogP contribution in [0, 0.1) is 6.92 Å². The number of aromatic nitrogens is 5. The molecule has 38 heavy (non-hydrogen) atoms. The molecule has 200 valence electrons. The highest BCUT2D eigenvalue weighted by Crippen LogP contribution is 2.32. The number of ether oxygens (including phenoxy) is 1. The first-order valence-electron chi connectivity index (χ1n) is 13.0. The number of hydrogen-bond acceptors (Lipinski definition) is 7. The summed E-state index contributed by atoms with van der Waals surface area (Å²) in [6.45, 7) is 13.8. The highest BCUT2D eigenvalue weighted by atomic mass is 35.5. The number of tetrazole rings is 1. The number of benzene rings is 2. The fourth-order valence-electron chi connectivity index (χ4n) is 5.15. The number of hydrogen-bond donors (Lipinski definition) is 1. The number of aromatic amines is 1. The van der Waals surface area contributed by atoms with Gasteiger partial charge >= 0.3 is 0 Å². The lowest BCUT2D eigenvalue weighted by molar-refractivity contribution is 0.190. The van der Waals surface area contributed by atoms with E-state index >= 15 is 0 Å². The molecule has 0 aliphatic carbocycles. The molecule has 1 fully saturated rings. The molecule has 3 heterocycles. The van der Waals surface area contributed by atoms with Crippen molar-refractivity contribution in [3.63, 3.8) is 0 Å². The highest BCUT2D eigenvalue weighted by molar-refractivity contribution is 6.30. The van der Waals surface area contributed by atoms with E-state index in [2.05, 4.69) is 64.1 Å². The van der Waals surface area contributed by atoms with Gasteiger partial charge in [0.15, 0.2) is 5.82 Å². The normalized spacial score (nSPS) is 15.7. The topological polar surface area (TPSA) is 92.2 Å². The SMILES string of the molecule is CCOc1ccc2[nH]c(=O)c([C@@H](c3nnnn3C(C)(C)C)N3CCN(c4cc(Cl)ccc4C)CC3)cc2c1. The van der Waals surface area contributed by atoms with E-state index in [4.69, 9.17) is 16.3 Å². The van der Waals surface area contributed by atoms with Crippen LogP contribution in [0.2, 0.25) is 5.02 Å². The molecule has 1 N–H and O–H groups in total. The maximum absolute atomic E-state index is 13.5. The minimum Gasteiger partial charge on any atom is -0.494 e. The Bertz CT molecular complexity index is 1500. The first-order chi connectivity index (χ1) is 18.2. The molecule has 5 rings (SSSR count). The van der Waals surface area contributed by atoms with Gasteiger partial charge in [0.2, 0.25) is 0 Å². The number of nitrogens with one attached hydrogen (secondary N) is 1. The minimum absolute atomic E-state index is 0.150. The second-order valence-corrected chi connectivity index (χ2v) is 11.1. The molecule has 2 aromatic heterocycles. The maximum Gasteiger partial charge on any atom is 0.253 e. The molecule has 0 spiro atoms. The lowest BCUT2D eigenvalue weighted by atomic mass is 10.0. The van der Waals surface area contributed by atoms with Gasteiger partial charge in [0.05, 0.1) is 12.1 Å². The van der Waals surface area contributed by atoms with Gasteiger partial charge in [0.1, 0.15) is 11.8 Å². The Morgan fingerprint density at radius 1 is 1.08 bits per heavy atom. The standard InChI is InChI=1S/C28H34ClN7O2/c1-6-38-21-9-10-23-19(15-21)16-22(27(37)30-23)25(26-31-32-33-36(26)28(3,4)5)35-13-11-34(12-14-35)24-17-20(29)8-7-18(24)2/h7-10,15-17,25H,6,11-14H2,1-5H3,(H,30,37)/t25-/m0/s1. The van der Waals surface area contributed by atoms with Gasteiger partial charge in [-0.1, -0.05) is 17.7 Å². The fourth-order valence-corrected chi connectivity index (χ4v) is 5.31. The predicted octanol–water partition coefficient (Wildman–Crippen LogP) is 4.54. The van der Waals surface area contributed by atoms with Crippen molar-refractivity contribution in [2.75, 3.05) is 37.7 Å². The Morgan fingerprint density at radius 2 is 1.84 bits per heavy atom. The van der Waals surface area contributed by atoms with E-state index in [1.165, 1.54) is 5.56 Å². The van der Waals surface area contributed by atoms with E-state index in [9.17, 15) is 4.79 Å². The van der Waals surface area contributed by atoms with Crippen molar-refractivity contribution in [2.45, 2.75) is 46.2 Å². The molecule has 0 radical (unpaired) electrons. The number of halogens is 1. The van der Waals surface area contributed by atoms with Gasteiger partial charge in [0.25, 0.3) is 5.56 Å². The molecule has 4 aromatic rings. The molecule has 1 aliphatic rings. The van der Waals surface area contributed by atoms with Crippen LogP contribution in [0.25, 0.3) is 10.9 Å². The number of pyridine rings is 1. The smallest absolute Gasteiger partial charge is 0.253 e. The number of fused-ring (bicyclic) bond motifs is 1. The third-order valence-electron chi connectivity index (χ3n) is 7.01. The van der Waals surface area contributed by atoms with Crippen molar-refractivity contribution < 1.29 is 4.74 Å². The lowest BCUT2D eigenvalue weighted by Gasteiger charge is -2.40. The molecule has 2 aromatic carbocycles. The molecule has 1 atom stereocenters. The monoisotopic (exact) mass is 535 g/mol. The molecule has 9 nitrogen and oxygen atoms in total. The predicted molar refractivity (Wildman–Crippen MR) is 150 cm³/mol. The lowest BCUT2D eigenvalue weighted by Crippen LogP contribution is -2.49. The van der Waals surface area contributed by atoms with Gasteiger partial charge in [-0.25, -0.2) is 4.68 Å². The summed E-state index contributed by atoms with van der Waals surface area (Å²) in [7, 11) is 0. The molecule has 0 bridgehead atoms. The summed E-state index contributed by atoms with van der Waals surface area (Å²) < 4.78 is 7.54. The van der Waals surface area contributed by atoms with Gasteiger partial charge in [-0.2, -0.15) is 0 Å². The summed E-state index contributed by atoms with van der Waals surface area (Å²) in [5.41, 5.74) is 3.19. The summed E-state index contributed by atoms with van der Waals surface area (Å²) in [6, 6.07) is 13.2. The Labute approximate surface area is 227 Å². The molecule has 1 aliphatic heterocycles. The third kappa shape index (κ3) is 5.13. The quantitative estimate of drug-likeness (QED) is 0.387. The zero-order valence-corrected chi connectivity index (χ0v) is 23.3. The summed E-state index contributed by atoms with van der Waals surface area (Å²) in [4.78, 5) is 21.3. The Balaban J connectivity index is 1.56. The van der Waals surface area contributed by atoms with Gasteiger partial charge in [-0.05, 0) is 87.0 Å². The molecule has 0 amide bonds. The van der Waals surface area contributed by atoms with Gasteiger partial charge in [0, 0.05) is 53.4 Å². The van der Waals surface area contributed by atoms with Gasteiger partial charge in [-0.3, -0.25) is 9.69 Å². The number of piperazine rings is 1. The van der Waals surface area contributed by atoms with Crippen LogP contribution in [0.3, 0.4) is 0 Å². The van der Waals surface area contributed by atoms with E-state index in [1.54, 1.807) is 0 Å².